The number of nitrogens with two attached hydrogens (primary N) is 1. The molecule has 2 rings (SSSR count). The minimum atomic E-state index is 0. The maximum absolute atomic E-state index is 12.0. The number of piperidine rings is 1. The summed E-state index contributed by atoms with van der Waals surface area (Å²) in [5.74, 6) is 0.263. The molecule has 1 unspecified atom stereocenters. The first kappa shape index (κ1) is 19.3. The van der Waals surface area contributed by atoms with Gasteiger partial charge in [-0.2, -0.15) is 0 Å². The van der Waals surface area contributed by atoms with Crippen LogP contribution in [0.3, 0.4) is 0 Å². The van der Waals surface area contributed by atoms with E-state index in [-0.39, 0.29) is 24.2 Å². The Labute approximate surface area is 143 Å². The van der Waals surface area contributed by atoms with Crippen molar-refractivity contribution in [3.8, 4) is 0 Å². The van der Waals surface area contributed by atoms with Gasteiger partial charge in [-0.1, -0.05) is 12.1 Å². The molecule has 0 radical (unpaired) electrons. The summed E-state index contributed by atoms with van der Waals surface area (Å²) in [5, 5.41) is 2.91. The Morgan fingerprint density at radius 1 is 1.41 bits per heavy atom. The second kappa shape index (κ2) is 10.1. The topological polar surface area (TPSA) is 58.4 Å². The highest BCUT2D eigenvalue weighted by Gasteiger charge is 2.25. The maximum atomic E-state index is 12.0. The normalized spacial score (nSPS) is 18.5. The molecule has 4 nitrogen and oxygen atoms in total. The fraction of sp³-hybridized carbons (Fsp3) is 0.562. The third-order valence-electron chi connectivity index (χ3n) is 3.89. The second-order valence-corrected chi connectivity index (χ2v) is 6.38. The molecule has 1 heterocycles. The molecule has 1 aromatic carbocycles. The first-order chi connectivity index (χ1) is 10.2. The maximum Gasteiger partial charge on any atom is 0.224 e. The summed E-state index contributed by atoms with van der Waals surface area (Å²) in [6.07, 6.45) is 4.16. The standard InChI is InChI=1S/C16H25N3OS.ClH/c1-21-15-6-4-13(5-7-15)11-19-10-2-3-14(12-19)16(20)18-9-8-17;/h4-7,14H,2-3,8-12,17H2,1H3,(H,18,20);1H. The lowest BCUT2D eigenvalue weighted by Crippen LogP contribution is -2.43. The first-order valence-electron chi connectivity index (χ1n) is 7.56. The van der Waals surface area contributed by atoms with E-state index in [0.717, 1.165) is 32.5 Å². The average molecular weight is 344 g/mol. The number of likely N-dealkylation sites (tertiary alicyclic amines) is 1. The van der Waals surface area contributed by atoms with Gasteiger partial charge in [0.05, 0.1) is 5.92 Å². The quantitative estimate of drug-likeness (QED) is 0.777. The highest BCUT2D eigenvalue weighted by molar-refractivity contribution is 7.98. The third-order valence-corrected chi connectivity index (χ3v) is 4.63. The molecule has 0 aromatic heterocycles. The number of nitrogens with one attached hydrogen (secondary N) is 1. The molecule has 1 saturated heterocycles. The molecule has 22 heavy (non-hydrogen) atoms. The molecule has 1 aliphatic rings. The second-order valence-electron chi connectivity index (χ2n) is 5.50. The van der Waals surface area contributed by atoms with Crippen LogP contribution in [0.15, 0.2) is 29.2 Å². The molecule has 0 aliphatic carbocycles. The third kappa shape index (κ3) is 5.80. The van der Waals surface area contributed by atoms with Gasteiger partial charge in [0.25, 0.3) is 0 Å². The number of thioether (sulfide) groups is 1. The Morgan fingerprint density at radius 3 is 2.77 bits per heavy atom. The molecule has 1 atom stereocenters. The van der Waals surface area contributed by atoms with Crippen LogP contribution in [-0.4, -0.2) is 43.2 Å². The van der Waals surface area contributed by atoms with E-state index in [1.54, 1.807) is 11.8 Å². The molecule has 6 heteroatoms. The minimum Gasteiger partial charge on any atom is -0.355 e. The van der Waals surface area contributed by atoms with Crippen LogP contribution < -0.4 is 11.1 Å². The van der Waals surface area contributed by atoms with Crippen molar-refractivity contribution in [3.05, 3.63) is 29.8 Å². The zero-order chi connectivity index (χ0) is 15.1. The van der Waals surface area contributed by atoms with E-state index < -0.39 is 0 Å². The van der Waals surface area contributed by atoms with Crippen molar-refractivity contribution in [2.75, 3.05) is 32.4 Å². The summed E-state index contributed by atoms with van der Waals surface area (Å²) in [7, 11) is 0. The van der Waals surface area contributed by atoms with E-state index in [1.165, 1.54) is 10.5 Å². The number of carbonyl (C=O) groups excluding carboxylic acids is 1. The van der Waals surface area contributed by atoms with E-state index in [2.05, 4.69) is 40.7 Å². The highest BCUT2D eigenvalue weighted by atomic mass is 35.5. The largest absolute Gasteiger partial charge is 0.355 e. The molecule has 1 fully saturated rings. The number of benzene rings is 1. The molecule has 0 spiro atoms. The van der Waals surface area contributed by atoms with Crippen LogP contribution in [-0.2, 0) is 11.3 Å². The SMILES string of the molecule is CSc1ccc(CN2CCCC(C(=O)NCCN)C2)cc1.Cl. The predicted molar refractivity (Wildman–Crippen MR) is 95.5 cm³/mol. The number of hydrogen-bond acceptors (Lipinski definition) is 4. The van der Waals surface area contributed by atoms with Crippen LogP contribution in [0.4, 0.5) is 0 Å². The van der Waals surface area contributed by atoms with Gasteiger partial charge in [-0.15, -0.1) is 24.2 Å². The van der Waals surface area contributed by atoms with Crippen molar-refractivity contribution in [3.63, 3.8) is 0 Å². The molecule has 3 N–H and O–H groups in total. The fourth-order valence-corrected chi connectivity index (χ4v) is 3.15. The van der Waals surface area contributed by atoms with Crippen LogP contribution in [0.25, 0.3) is 0 Å². The van der Waals surface area contributed by atoms with Crippen LogP contribution in [0, 0.1) is 5.92 Å². The zero-order valence-corrected chi connectivity index (χ0v) is 14.7. The summed E-state index contributed by atoms with van der Waals surface area (Å²) in [5.41, 5.74) is 6.75. The van der Waals surface area contributed by atoms with E-state index >= 15 is 0 Å². The number of carbonyl (C=O) groups is 1. The predicted octanol–water partition coefficient (Wildman–Crippen LogP) is 2.12. The van der Waals surface area contributed by atoms with Crippen LogP contribution in [0.1, 0.15) is 18.4 Å². The van der Waals surface area contributed by atoms with Gasteiger partial charge in [0.1, 0.15) is 0 Å². The number of hydrogen-bond donors (Lipinski definition) is 2. The molecule has 1 aromatic rings. The van der Waals surface area contributed by atoms with E-state index in [1.807, 2.05) is 0 Å². The summed E-state index contributed by atoms with van der Waals surface area (Å²) in [6, 6.07) is 8.69. The molecule has 0 bridgehead atoms. The Kier molecular flexibility index (Phi) is 8.86. The van der Waals surface area contributed by atoms with Gasteiger partial charge in [-0.25, -0.2) is 0 Å². The summed E-state index contributed by atoms with van der Waals surface area (Å²) in [6.45, 7) is 3.93. The lowest BCUT2D eigenvalue weighted by molar-refractivity contribution is -0.126. The lowest BCUT2D eigenvalue weighted by Gasteiger charge is -2.32. The van der Waals surface area contributed by atoms with Crippen molar-refractivity contribution in [2.24, 2.45) is 11.7 Å². The molecule has 1 amide bonds. The minimum absolute atomic E-state index is 0. The number of halogens is 1. The fourth-order valence-electron chi connectivity index (χ4n) is 2.74. The van der Waals surface area contributed by atoms with Crippen molar-refractivity contribution < 1.29 is 4.79 Å². The smallest absolute Gasteiger partial charge is 0.224 e. The van der Waals surface area contributed by atoms with E-state index in [9.17, 15) is 4.79 Å². The zero-order valence-electron chi connectivity index (χ0n) is 13.1. The molecular weight excluding hydrogens is 318 g/mol. The number of nitrogens with zero attached hydrogens (tertiary/aromatic N) is 1. The Balaban J connectivity index is 0.00000242. The van der Waals surface area contributed by atoms with Gasteiger partial charge in [0.2, 0.25) is 5.91 Å². The van der Waals surface area contributed by atoms with Crippen molar-refractivity contribution in [1.29, 1.82) is 0 Å². The van der Waals surface area contributed by atoms with Crippen LogP contribution in [0.5, 0.6) is 0 Å². The van der Waals surface area contributed by atoms with E-state index in [4.69, 9.17) is 5.73 Å². The first-order valence-corrected chi connectivity index (χ1v) is 8.78. The summed E-state index contributed by atoms with van der Waals surface area (Å²) >= 11 is 1.76. The number of amides is 1. The molecule has 1 aliphatic heterocycles. The van der Waals surface area contributed by atoms with Gasteiger partial charge in [-0.3, -0.25) is 9.69 Å². The molecule has 124 valence electrons. The van der Waals surface area contributed by atoms with Crippen LogP contribution >= 0.6 is 24.2 Å². The summed E-state index contributed by atoms with van der Waals surface area (Å²) in [4.78, 5) is 15.7. The Bertz CT molecular complexity index is 455. The average Bonchev–Trinajstić information content (AvgIpc) is 2.53. The van der Waals surface area contributed by atoms with Crippen molar-refractivity contribution in [1.82, 2.24) is 10.2 Å². The summed E-state index contributed by atoms with van der Waals surface area (Å²) < 4.78 is 0. The Hall–Kier alpha value is -0.750. The van der Waals surface area contributed by atoms with Gasteiger partial charge < -0.3 is 11.1 Å². The van der Waals surface area contributed by atoms with Gasteiger partial charge in [0.15, 0.2) is 0 Å². The van der Waals surface area contributed by atoms with Crippen molar-refractivity contribution >= 4 is 30.1 Å². The lowest BCUT2D eigenvalue weighted by atomic mass is 9.96. The van der Waals surface area contributed by atoms with Gasteiger partial charge in [-0.05, 0) is 43.3 Å². The molecular formula is C16H26ClN3OS. The highest BCUT2D eigenvalue weighted by Crippen LogP contribution is 2.20. The van der Waals surface area contributed by atoms with Crippen LogP contribution in [0.2, 0.25) is 0 Å². The van der Waals surface area contributed by atoms with Gasteiger partial charge in [0, 0.05) is 31.1 Å². The molecule has 0 saturated carbocycles. The van der Waals surface area contributed by atoms with Crippen molar-refractivity contribution in [2.45, 2.75) is 24.3 Å². The van der Waals surface area contributed by atoms with E-state index in [0.29, 0.717) is 13.1 Å². The number of rotatable bonds is 6. The Morgan fingerprint density at radius 2 is 2.14 bits per heavy atom. The van der Waals surface area contributed by atoms with Gasteiger partial charge >= 0.3 is 0 Å². The monoisotopic (exact) mass is 343 g/mol.